The molecule has 0 aromatic heterocycles. The van der Waals surface area contributed by atoms with Crippen LogP contribution in [0, 0.1) is 0 Å². The van der Waals surface area contributed by atoms with Crippen LogP contribution in [0.4, 0.5) is 11.4 Å². The summed E-state index contributed by atoms with van der Waals surface area (Å²) in [5, 5.41) is 3.27. The van der Waals surface area contributed by atoms with E-state index in [0.717, 1.165) is 31.0 Å². The molecule has 2 aromatic carbocycles. The molecule has 0 amide bonds. The summed E-state index contributed by atoms with van der Waals surface area (Å²) in [6, 6.07) is 11.6. The van der Waals surface area contributed by atoms with Crippen LogP contribution in [0.15, 0.2) is 56.0 Å². The second-order valence-electron chi connectivity index (χ2n) is 3.47. The van der Waals surface area contributed by atoms with Gasteiger partial charge in [0.2, 0.25) is 0 Å². The van der Waals surface area contributed by atoms with Crippen molar-refractivity contribution in [1.29, 1.82) is 0 Å². The molecule has 0 fully saturated rings. The number of hydrogen-bond acceptors (Lipinski definition) is 5. The maximum Gasteiger partial charge on any atom is 0.0532 e. The van der Waals surface area contributed by atoms with E-state index in [9.17, 15) is 0 Å². The van der Waals surface area contributed by atoms with Crippen molar-refractivity contribution >= 4 is 61.9 Å². The molecule has 0 aliphatic heterocycles. The monoisotopic (exact) mass is 297 g/mol. The predicted molar refractivity (Wildman–Crippen MR) is 85.2 cm³/mol. The van der Waals surface area contributed by atoms with Gasteiger partial charge in [0.25, 0.3) is 0 Å². The summed E-state index contributed by atoms with van der Waals surface area (Å²) in [5.41, 5.74) is 1.82. The Bertz CT molecular complexity index is 554. The molecule has 0 atom stereocenters. The van der Waals surface area contributed by atoms with Crippen LogP contribution < -0.4 is 5.32 Å². The lowest BCUT2D eigenvalue weighted by molar-refractivity contribution is 1.14. The molecular formula is C12H11NS4. The average molecular weight is 297 g/mol. The number of anilines is 2. The summed E-state index contributed by atoms with van der Waals surface area (Å²) < 4.78 is 0. The topological polar surface area (TPSA) is 12.0 Å². The normalized spacial score (nSPS) is 10.4. The minimum atomic E-state index is 0.762. The van der Waals surface area contributed by atoms with E-state index < -0.39 is 0 Å². The fraction of sp³-hybridized carbons (Fsp3) is 0. The summed E-state index contributed by atoms with van der Waals surface area (Å²) in [4.78, 5) is 3.23. The van der Waals surface area contributed by atoms with E-state index in [0.29, 0.717) is 0 Å². The zero-order chi connectivity index (χ0) is 12.4. The molecule has 0 saturated carbocycles. The second kappa shape index (κ2) is 5.52. The summed E-state index contributed by atoms with van der Waals surface area (Å²) in [5.74, 6) is 0. The Hall–Kier alpha value is -0.360. The van der Waals surface area contributed by atoms with E-state index in [2.05, 4.69) is 55.8 Å². The van der Waals surface area contributed by atoms with Gasteiger partial charge in [0, 0.05) is 19.6 Å². The van der Waals surface area contributed by atoms with E-state index in [-0.39, 0.29) is 0 Å². The minimum absolute atomic E-state index is 0.762. The maximum absolute atomic E-state index is 4.43. The maximum atomic E-state index is 4.43. The molecule has 1 N–H and O–H groups in total. The highest BCUT2D eigenvalue weighted by Crippen LogP contribution is 2.34. The largest absolute Gasteiger partial charge is 0.354 e. The predicted octanol–water partition coefficient (Wildman–Crippen LogP) is 4.59. The van der Waals surface area contributed by atoms with Crippen molar-refractivity contribution in [2.75, 3.05) is 5.32 Å². The Morgan fingerprint density at radius 3 is 2.06 bits per heavy atom. The fourth-order valence-corrected chi connectivity index (χ4v) is 2.33. The van der Waals surface area contributed by atoms with Gasteiger partial charge in [-0.05, 0) is 24.3 Å². The van der Waals surface area contributed by atoms with Crippen LogP contribution >= 0.6 is 50.5 Å². The van der Waals surface area contributed by atoms with Crippen molar-refractivity contribution in [1.82, 2.24) is 0 Å². The van der Waals surface area contributed by atoms with Gasteiger partial charge in [-0.15, -0.1) is 50.5 Å². The summed E-state index contributed by atoms with van der Waals surface area (Å²) in [7, 11) is 0. The highest BCUT2D eigenvalue weighted by Gasteiger charge is 2.07. The van der Waals surface area contributed by atoms with Gasteiger partial charge in [-0.25, -0.2) is 0 Å². The quantitative estimate of drug-likeness (QED) is 0.511. The lowest BCUT2D eigenvalue weighted by Crippen LogP contribution is -1.93. The first kappa shape index (κ1) is 13.1. The van der Waals surface area contributed by atoms with E-state index >= 15 is 0 Å². The van der Waals surface area contributed by atoms with Crippen molar-refractivity contribution in [2.24, 2.45) is 0 Å². The molecule has 0 unspecified atom stereocenters. The minimum Gasteiger partial charge on any atom is -0.354 e. The van der Waals surface area contributed by atoms with Crippen LogP contribution in [0.25, 0.3) is 0 Å². The van der Waals surface area contributed by atoms with Crippen LogP contribution in [0.2, 0.25) is 0 Å². The van der Waals surface area contributed by atoms with Crippen LogP contribution in [-0.4, -0.2) is 0 Å². The Balaban J connectivity index is 2.38. The van der Waals surface area contributed by atoms with Crippen LogP contribution in [0.3, 0.4) is 0 Å². The molecule has 5 heteroatoms. The first-order valence-electron chi connectivity index (χ1n) is 4.88. The summed E-state index contributed by atoms with van der Waals surface area (Å²) in [6.07, 6.45) is 0. The highest BCUT2D eigenvalue weighted by molar-refractivity contribution is 7.85. The molecule has 0 spiro atoms. The third-order valence-corrected chi connectivity index (χ3v) is 4.35. The highest BCUT2D eigenvalue weighted by atomic mass is 32.1. The number of rotatable bonds is 2. The third-order valence-electron chi connectivity index (χ3n) is 2.30. The van der Waals surface area contributed by atoms with Crippen molar-refractivity contribution < 1.29 is 0 Å². The van der Waals surface area contributed by atoms with Crippen LogP contribution in [-0.2, 0) is 0 Å². The van der Waals surface area contributed by atoms with Crippen LogP contribution in [0.5, 0.6) is 0 Å². The summed E-state index contributed by atoms with van der Waals surface area (Å²) >= 11 is 17.5. The van der Waals surface area contributed by atoms with Gasteiger partial charge >= 0.3 is 0 Å². The number of benzene rings is 2. The van der Waals surface area contributed by atoms with Crippen LogP contribution in [0.1, 0.15) is 0 Å². The number of nitrogens with one attached hydrogen (secondary N) is 1. The first-order chi connectivity index (χ1) is 8.09. The zero-order valence-corrected chi connectivity index (χ0v) is 12.3. The van der Waals surface area contributed by atoms with Gasteiger partial charge in [0.05, 0.1) is 11.4 Å². The molecule has 88 valence electrons. The average Bonchev–Trinajstić information content (AvgIpc) is 2.32. The first-order valence-corrected chi connectivity index (χ1v) is 6.67. The van der Waals surface area contributed by atoms with E-state index in [1.807, 2.05) is 36.4 Å². The van der Waals surface area contributed by atoms with Gasteiger partial charge < -0.3 is 5.32 Å². The Kier molecular flexibility index (Phi) is 4.25. The Labute approximate surface area is 123 Å². The standard InChI is InChI=1S/C12H11NS4/c14-9-4-2-1-3-7(9)13-8-5-6-10(15)12(17)11(8)16/h1-6,13-17H. The molecule has 0 radical (unpaired) electrons. The summed E-state index contributed by atoms with van der Waals surface area (Å²) in [6.45, 7) is 0. The van der Waals surface area contributed by atoms with Gasteiger partial charge in [0.1, 0.15) is 0 Å². The van der Waals surface area contributed by atoms with Crippen molar-refractivity contribution in [3.63, 3.8) is 0 Å². The molecule has 0 aliphatic rings. The van der Waals surface area contributed by atoms with Crippen molar-refractivity contribution in [3.8, 4) is 0 Å². The van der Waals surface area contributed by atoms with Gasteiger partial charge in [-0.3, -0.25) is 0 Å². The molecule has 17 heavy (non-hydrogen) atoms. The molecule has 1 nitrogen and oxygen atoms in total. The van der Waals surface area contributed by atoms with E-state index in [4.69, 9.17) is 0 Å². The lowest BCUT2D eigenvalue weighted by Gasteiger charge is -2.13. The second-order valence-corrected chi connectivity index (χ2v) is 5.33. The van der Waals surface area contributed by atoms with Gasteiger partial charge in [0.15, 0.2) is 0 Å². The number of thiol groups is 4. The lowest BCUT2D eigenvalue weighted by atomic mass is 10.2. The molecule has 2 aromatic rings. The third kappa shape index (κ3) is 2.91. The molecule has 0 heterocycles. The molecule has 0 bridgehead atoms. The Morgan fingerprint density at radius 2 is 1.35 bits per heavy atom. The van der Waals surface area contributed by atoms with E-state index in [1.165, 1.54) is 0 Å². The SMILES string of the molecule is Sc1ccccc1Nc1ccc(S)c(S)c1S. The Morgan fingerprint density at radius 1 is 0.647 bits per heavy atom. The van der Waals surface area contributed by atoms with E-state index in [1.54, 1.807) is 0 Å². The van der Waals surface area contributed by atoms with Crippen molar-refractivity contribution in [2.45, 2.75) is 19.6 Å². The number of para-hydroxylation sites is 1. The molecular weight excluding hydrogens is 286 g/mol. The van der Waals surface area contributed by atoms with Crippen molar-refractivity contribution in [3.05, 3.63) is 36.4 Å². The zero-order valence-electron chi connectivity index (χ0n) is 8.75. The van der Waals surface area contributed by atoms with Gasteiger partial charge in [-0.1, -0.05) is 12.1 Å². The molecule has 0 aliphatic carbocycles. The van der Waals surface area contributed by atoms with Gasteiger partial charge in [-0.2, -0.15) is 0 Å². The number of hydrogen-bond donors (Lipinski definition) is 5. The fourth-order valence-electron chi connectivity index (χ4n) is 1.39. The molecule has 0 saturated heterocycles. The molecule has 2 rings (SSSR count). The smallest absolute Gasteiger partial charge is 0.0532 e.